The molecular formula is C29H20N6O6. The maximum Gasteiger partial charge on any atom is 0.273 e. The molecule has 1 aromatic carbocycles. The number of hydrogen-bond donors (Lipinski definition) is 1. The van der Waals surface area contributed by atoms with Crippen LogP contribution in [0.2, 0.25) is 0 Å². The summed E-state index contributed by atoms with van der Waals surface area (Å²) in [5.74, 6) is 0.143. The lowest BCUT2D eigenvalue weighted by molar-refractivity contribution is 0.0944. The summed E-state index contributed by atoms with van der Waals surface area (Å²) in [7, 11) is 0. The number of hydrogen-bond acceptors (Lipinski definition) is 11. The monoisotopic (exact) mass is 548 g/mol. The SMILES string of the molecule is Cc1cc2nc(c1)-c1nc(co1)-c1nc(co1)C(=O)NCc1cccc(c1)CCC(=O)c1coc(n1)-c1coc-2n1. The van der Waals surface area contributed by atoms with Crippen molar-refractivity contribution in [3.8, 4) is 46.3 Å². The standard InChI is InChI=1S/C29H20N6O6/c1-15-7-18-26-34-22(13-40-26)28-32-20(11-38-28)24(36)6-5-16-3-2-4-17(9-16)10-30-25(37)21-12-39-29(33-21)23-14-41-27(35-23)19(8-15)31-18/h2-4,7-9,11-14H,5-6,10H2,1H3,(H,30,37). The fourth-order valence-corrected chi connectivity index (χ4v) is 4.43. The summed E-state index contributed by atoms with van der Waals surface area (Å²) in [5, 5.41) is 2.84. The Bertz CT molecular complexity index is 1800. The van der Waals surface area contributed by atoms with E-state index >= 15 is 0 Å². The highest BCUT2D eigenvalue weighted by molar-refractivity contribution is 5.94. The van der Waals surface area contributed by atoms with E-state index in [1.165, 1.54) is 25.1 Å². The molecule has 0 saturated carbocycles. The fourth-order valence-electron chi connectivity index (χ4n) is 4.43. The van der Waals surface area contributed by atoms with Gasteiger partial charge in [0.2, 0.25) is 23.6 Å². The molecular weight excluding hydrogens is 528 g/mol. The number of benzene rings is 1. The van der Waals surface area contributed by atoms with E-state index in [-0.39, 0.29) is 53.7 Å². The molecule has 1 amide bonds. The summed E-state index contributed by atoms with van der Waals surface area (Å²) in [4.78, 5) is 47.7. The van der Waals surface area contributed by atoms with Crippen LogP contribution in [0.4, 0.5) is 0 Å². The van der Waals surface area contributed by atoms with Gasteiger partial charge in [0.15, 0.2) is 22.9 Å². The molecule has 7 rings (SSSR count). The molecule has 0 aliphatic carbocycles. The van der Waals surface area contributed by atoms with Gasteiger partial charge < -0.3 is 23.0 Å². The van der Waals surface area contributed by atoms with Crippen LogP contribution in [0.5, 0.6) is 0 Å². The van der Waals surface area contributed by atoms with E-state index in [2.05, 4.69) is 30.2 Å². The molecule has 0 unspecified atom stereocenters. The molecule has 6 heterocycles. The van der Waals surface area contributed by atoms with Gasteiger partial charge in [0.05, 0.1) is 0 Å². The van der Waals surface area contributed by atoms with Gasteiger partial charge in [0.1, 0.15) is 42.1 Å². The van der Waals surface area contributed by atoms with E-state index in [4.69, 9.17) is 17.7 Å². The molecule has 0 fully saturated rings. The first-order valence-electron chi connectivity index (χ1n) is 12.7. The molecule has 202 valence electrons. The summed E-state index contributed by atoms with van der Waals surface area (Å²) in [6.45, 7) is 2.16. The highest BCUT2D eigenvalue weighted by Gasteiger charge is 2.21. The number of Topliss-reactive ketones (excluding diaryl/α,β-unsaturated/α-hetero) is 1. The number of nitrogens with zero attached hydrogens (tertiary/aromatic N) is 5. The number of carbonyl (C=O) groups is 2. The van der Waals surface area contributed by atoms with Crippen LogP contribution in [0.15, 0.2) is 79.1 Å². The topological polar surface area (TPSA) is 163 Å². The van der Waals surface area contributed by atoms with E-state index in [9.17, 15) is 9.59 Å². The number of carbonyl (C=O) groups excluding carboxylic acids is 2. The van der Waals surface area contributed by atoms with E-state index in [0.717, 1.165) is 16.7 Å². The highest BCUT2D eigenvalue weighted by Crippen LogP contribution is 2.28. The number of fused-ring (bicyclic) bond motifs is 16. The quantitative estimate of drug-likeness (QED) is 0.269. The average molecular weight is 549 g/mol. The number of rotatable bonds is 0. The number of aryl methyl sites for hydroxylation is 2. The fraction of sp³-hybridized carbons (Fsp3) is 0.138. The summed E-state index contributed by atoms with van der Waals surface area (Å²) in [6, 6.07) is 11.2. The van der Waals surface area contributed by atoms with Crippen LogP contribution in [-0.2, 0) is 13.0 Å². The van der Waals surface area contributed by atoms with Crippen molar-refractivity contribution in [2.24, 2.45) is 0 Å². The molecule has 12 bridgehead atoms. The van der Waals surface area contributed by atoms with Gasteiger partial charge in [0.25, 0.3) is 5.91 Å². The molecule has 41 heavy (non-hydrogen) atoms. The van der Waals surface area contributed by atoms with Crippen molar-refractivity contribution < 1.29 is 27.3 Å². The molecule has 0 radical (unpaired) electrons. The lowest BCUT2D eigenvalue weighted by Gasteiger charge is -2.06. The van der Waals surface area contributed by atoms with Crippen LogP contribution in [0, 0.1) is 6.92 Å². The number of nitrogens with one attached hydrogen (secondary N) is 1. The van der Waals surface area contributed by atoms with Gasteiger partial charge in [-0.1, -0.05) is 24.3 Å². The normalized spacial score (nSPS) is 13.5. The van der Waals surface area contributed by atoms with Gasteiger partial charge in [-0.25, -0.2) is 24.9 Å². The number of ketones is 1. The number of aromatic nitrogens is 5. The van der Waals surface area contributed by atoms with Crippen molar-refractivity contribution >= 4 is 11.7 Å². The Morgan fingerprint density at radius 1 is 0.610 bits per heavy atom. The molecule has 6 aromatic rings. The maximum atomic E-state index is 12.8. The van der Waals surface area contributed by atoms with Gasteiger partial charge in [0, 0.05) is 13.0 Å². The van der Waals surface area contributed by atoms with Gasteiger partial charge in [-0.2, -0.15) is 0 Å². The summed E-state index contributed by atoms with van der Waals surface area (Å²) < 4.78 is 22.4. The zero-order valence-corrected chi connectivity index (χ0v) is 21.6. The molecule has 0 spiro atoms. The molecule has 0 atom stereocenters. The minimum atomic E-state index is -0.407. The number of amides is 1. The Morgan fingerprint density at radius 3 is 1.83 bits per heavy atom. The first-order chi connectivity index (χ1) is 20.0. The predicted molar refractivity (Wildman–Crippen MR) is 141 cm³/mol. The highest BCUT2D eigenvalue weighted by atomic mass is 16.4. The smallest absolute Gasteiger partial charge is 0.273 e. The van der Waals surface area contributed by atoms with Crippen LogP contribution in [0.3, 0.4) is 0 Å². The van der Waals surface area contributed by atoms with E-state index < -0.39 is 5.91 Å². The number of oxazole rings is 4. The first kappa shape index (κ1) is 24.4. The third kappa shape index (κ3) is 4.82. The van der Waals surface area contributed by atoms with E-state index in [0.29, 0.717) is 29.2 Å². The number of pyridine rings is 1. The second-order valence-electron chi connectivity index (χ2n) is 9.49. The summed E-state index contributed by atoms with van der Waals surface area (Å²) >= 11 is 0. The second-order valence-corrected chi connectivity index (χ2v) is 9.49. The predicted octanol–water partition coefficient (Wildman–Crippen LogP) is 5.07. The third-order valence-electron chi connectivity index (χ3n) is 6.47. The average Bonchev–Trinajstić information content (AvgIpc) is 3.79. The Morgan fingerprint density at radius 2 is 1.15 bits per heavy atom. The zero-order valence-electron chi connectivity index (χ0n) is 21.6. The van der Waals surface area contributed by atoms with Crippen molar-refractivity contribution in [1.82, 2.24) is 30.2 Å². The molecule has 5 aromatic heterocycles. The van der Waals surface area contributed by atoms with Crippen molar-refractivity contribution in [1.29, 1.82) is 0 Å². The van der Waals surface area contributed by atoms with Crippen LogP contribution < -0.4 is 5.32 Å². The lowest BCUT2D eigenvalue weighted by atomic mass is 10.0. The van der Waals surface area contributed by atoms with E-state index in [1.54, 1.807) is 12.1 Å². The summed E-state index contributed by atoms with van der Waals surface area (Å²) in [5.41, 5.74) is 4.46. The van der Waals surface area contributed by atoms with Crippen molar-refractivity contribution in [3.63, 3.8) is 0 Å². The van der Waals surface area contributed by atoms with Crippen LogP contribution in [-0.4, -0.2) is 36.6 Å². The molecule has 1 aliphatic rings. The van der Waals surface area contributed by atoms with Crippen LogP contribution in [0.1, 0.15) is 44.1 Å². The molecule has 1 N–H and O–H groups in total. The minimum absolute atomic E-state index is 0.100. The molecule has 1 aliphatic heterocycles. The second kappa shape index (κ2) is 9.83. The Labute approximate surface area is 231 Å². The largest absolute Gasteiger partial charge is 0.442 e. The molecule has 12 nitrogen and oxygen atoms in total. The molecule has 12 heteroatoms. The maximum absolute atomic E-state index is 12.8. The van der Waals surface area contributed by atoms with Crippen molar-refractivity contribution in [2.45, 2.75) is 26.3 Å². The van der Waals surface area contributed by atoms with Gasteiger partial charge in [-0.15, -0.1) is 0 Å². The van der Waals surface area contributed by atoms with Gasteiger partial charge in [-0.05, 0) is 42.2 Å². The molecule has 0 saturated heterocycles. The van der Waals surface area contributed by atoms with Crippen molar-refractivity contribution in [2.75, 3.05) is 0 Å². The lowest BCUT2D eigenvalue weighted by Crippen LogP contribution is -2.23. The van der Waals surface area contributed by atoms with Crippen LogP contribution >= 0.6 is 0 Å². The van der Waals surface area contributed by atoms with Gasteiger partial charge in [-0.3, -0.25) is 9.59 Å². The zero-order chi connectivity index (χ0) is 27.9. The Kier molecular flexibility index (Phi) is 5.85. The first-order valence-corrected chi connectivity index (χ1v) is 12.7. The summed E-state index contributed by atoms with van der Waals surface area (Å²) in [6.07, 6.45) is 6.07. The Balaban J connectivity index is 1.27. The van der Waals surface area contributed by atoms with Crippen LogP contribution in [0.25, 0.3) is 46.3 Å². The van der Waals surface area contributed by atoms with Gasteiger partial charge >= 0.3 is 0 Å². The Hall–Kier alpha value is -5.65. The minimum Gasteiger partial charge on any atom is -0.442 e. The van der Waals surface area contributed by atoms with Crippen molar-refractivity contribution in [3.05, 3.63) is 89.5 Å². The third-order valence-corrected chi connectivity index (χ3v) is 6.47. The van der Waals surface area contributed by atoms with E-state index in [1.807, 2.05) is 31.2 Å².